The molecular formula is C15H12FNOS. The zero-order valence-electron chi connectivity index (χ0n) is 10.1. The average molecular weight is 273 g/mol. The van der Waals surface area contributed by atoms with E-state index in [1.54, 1.807) is 17.8 Å². The number of rotatable bonds is 3. The molecule has 0 atom stereocenters. The Kier molecular flexibility index (Phi) is 3.27. The van der Waals surface area contributed by atoms with Crippen LogP contribution < -0.4 is 0 Å². The fourth-order valence-corrected chi connectivity index (χ4v) is 3.06. The molecule has 0 spiro atoms. The van der Waals surface area contributed by atoms with E-state index in [0.29, 0.717) is 0 Å². The third-order valence-corrected chi connectivity index (χ3v) is 4.14. The van der Waals surface area contributed by atoms with Gasteiger partial charge in [0.1, 0.15) is 5.82 Å². The Labute approximate surface area is 114 Å². The molecule has 3 rings (SSSR count). The number of halogens is 1. The third kappa shape index (κ3) is 2.37. The van der Waals surface area contributed by atoms with Crippen LogP contribution in [0, 0.1) is 5.82 Å². The van der Waals surface area contributed by atoms with E-state index in [-0.39, 0.29) is 12.4 Å². The van der Waals surface area contributed by atoms with Crippen molar-refractivity contribution < 1.29 is 9.50 Å². The summed E-state index contributed by atoms with van der Waals surface area (Å²) in [6, 6.07) is 12.4. The van der Waals surface area contributed by atoms with Crippen LogP contribution in [-0.4, -0.2) is 10.1 Å². The minimum Gasteiger partial charge on any atom is -0.392 e. The van der Waals surface area contributed by atoms with E-state index >= 15 is 0 Å². The molecule has 0 aliphatic carbocycles. The Morgan fingerprint density at radius 1 is 1.11 bits per heavy atom. The third-order valence-electron chi connectivity index (χ3n) is 2.97. The van der Waals surface area contributed by atoms with Crippen LogP contribution in [0.2, 0.25) is 0 Å². The molecule has 0 aliphatic rings. The van der Waals surface area contributed by atoms with Gasteiger partial charge in [-0.25, -0.2) is 4.39 Å². The normalized spacial score (nSPS) is 11.1. The molecule has 0 amide bonds. The highest BCUT2D eigenvalue weighted by molar-refractivity contribution is 7.99. The van der Waals surface area contributed by atoms with Gasteiger partial charge in [0.15, 0.2) is 0 Å². The number of aliphatic hydroxyl groups excluding tert-OH is 1. The van der Waals surface area contributed by atoms with Gasteiger partial charge in [-0.1, -0.05) is 30.0 Å². The van der Waals surface area contributed by atoms with Gasteiger partial charge in [-0.15, -0.1) is 0 Å². The van der Waals surface area contributed by atoms with Crippen molar-refractivity contribution in [2.24, 2.45) is 0 Å². The molecule has 2 N–H and O–H groups in total. The molecule has 0 aliphatic heterocycles. The van der Waals surface area contributed by atoms with Crippen molar-refractivity contribution in [2.75, 3.05) is 0 Å². The number of nitrogens with one attached hydrogen (secondary N) is 1. The molecule has 0 saturated carbocycles. The van der Waals surface area contributed by atoms with Gasteiger partial charge < -0.3 is 10.1 Å². The quantitative estimate of drug-likeness (QED) is 0.758. The molecule has 96 valence electrons. The van der Waals surface area contributed by atoms with Gasteiger partial charge in [0.2, 0.25) is 0 Å². The highest BCUT2D eigenvalue weighted by Crippen LogP contribution is 2.35. The largest absolute Gasteiger partial charge is 0.392 e. The van der Waals surface area contributed by atoms with E-state index in [4.69, 9.17) is 0 Å². The Morgan fingerprint density at radius 3 is 2.79 bits per heavy atom. The second-order valence-corrected chi connectivity index (χ2v) is 5.29. The van der Waals surface area contributed by atoms with Crippen molar-refractivity contribution in [1.29, 1.82) is 0 Å². The molecule has 1 heterocycles. The summed E-state index contributed by atoms with van der Waals surface area (Å²) in [5.41, 5.74) is 1.67. The maximum Gasteiger partial charge on any atom is 0.125 e. The minimum absolute atomic E-state index is 0.0140. The van der Waals surface area contributed by atoms with E-state index in [9.17, 15) is 9.50 Å². The van der Waals surface area contributed by atoms with Crippen LogP contribution in [0.4, 0.5) is 4.39 Å². The predicted molar refractivity (Wildman–Crippen MR) is 74.7 cm³/mol. The fraction of sp³-hybridized carbons (Fsp3) is 0.0667. The van der Waals surface area contributed by atoms with E-state index in [1.165, 1.54) is 12.1 Å². The summed E-state index contributed by atoms with van der Waals surface area (Å²) in [6.45, 7) is 0.0140. The lowest BCUT2D eigenvalue weighted by molar-refractivity contribution is 0.279. The molecule has 0 fully saturated rings. The number of H-pyrrole nitrogens is 1. The van der Waals surface area contributed by atoms with Gasteiger partial charge >= 0.3 is 0 Å². The van der Waals surface area contributed by atoms with E-state index in [1.807, 2.05) is 30.5 Å². The summed E-state index contributed by atoms with van der Waals surface area (Å²) in [6.07, 6.45) is 1.86. The second-order valence-electron chi connectivity index (χ2n) is 4.21. The van der Waals surface area contributed by atoms with Gasteiger partial charge in [-0.05, 0) is 29.8 Å². The van der Waals surface area contributed by atoms with Gasteiger partial charge in [0, 0.05) is 26.9 Å². The lowest BCUT2D eigenvalue weighted by Crippen LogP contribution is -1.85. The van der Waals surface area contributed by atoms with Crippen LogP contribution >= 0.6 is 11.8 Å². The van der Waals surface area contributed by atoms with Gasteiger partial charge in [0.05, 0.1) is 6.61 Å². The molecule has 2 nitrogen and oxygen atoms in total. The zero-order valence-corrected chi connectivity index (χ0v) is 10.9. The van der Waals surface area contributed by atoms with Crippen LogP contribution in [0.1, 0.15) is 5.56 Å². The molecule has 0 unspecified atom stereocenters. The van der Waals surface area contributed by atoms with Crippen LogP contribution in [0.15, 0.2) is 58.5 Å². The van der Waals surface area contributed by atoms with Crippen LogP contribution in [0.5, 0.6) is 0 Å². The first kappa shape index (κ1) is 12.3. The topological polar surface area (TPSA) is 36.0 Å². The summed E-state index contributed by atoms with van der Waals surface area (Å²) in [5, 5.41) is 10.3. The smallest absolute Gasteiger partial charge is 0.125 e. The summed E-state index contributed by atoms with van der Waals surface area (Å²) in [4.78, 5) is 5.10. The minimum atomic E-state index is -0.248. The summed E-state index contributed by atoms with van der Waals surface area (Å²) in [5.74, 6) is -0.248. The molecule has 0 radical (unpaired) electrons. The van der Waals surface area contributed by atoms with Crippen molar-refractivity contribution in [3.05, 3.63) is 60.0 Å². The number of benzene rings is 2. The van der Waals surface area contributed by atoms with Crippen molar-refractivity contribution in [3.8, 4) is 0 Å². The average Bonchev–Trinajstić information content (AvgIpc) is 2.82. The molecule has 1 aromatic heterocycles. The second kappa shape index (κ2) is 5.07. The first-order valence-corrected chi connectivity index (χ1v) is 6.73. The first-order valence-electron chi connectivity index (χ1n) is 5.91. The lowest BCUT2D eigenvalue weighted by Gasteiger charge is -2.05. The number of fused-ring (bicyclic) bond motifs is 1. The Bertz CT molecular complexity index is 723. The highest BCUT2D eigenvalue weighted by atomic mass is 32.2. The lowest BCUT2D eigenvalue weighted by atomic mass is 10.2. The number of hydrogen-bond donors (Lipinski definition) is 2. The van der Waals surface area contributed by atoms with Crippen molar-refractivity contribution >= 4 is 22.7 Å². The standard InChI is InChI=1S/C15H12FNOS/c16-11-5-6-12-13(7-11)17-8-15(12)19-14-4-2-1-3-10(14)9-18/h1-8,17-18H,9H2. The molecular weight excluding hydrogens is 261 g/mol. The number of aromatic nitrogens is 1. The van der Waals surface area contributed by atoms with Crippen molar-refractivity contribution in [2.45, 2.75) is 16.4 Å². The van der Waals surface area contributed by atoms with Crippen molar-refractivity contribution in [3.63, 3.8) is 0 Å². The van der Waals surface area contributed by atoms with Crippen LogP contribution in [0.25, 0.3) is 10.9 Å². The number of aliphatic hydroxyl groups is 1. The molecule has 3 aromatic rings. The summed E-state index contributed by atoms with van der Waals surface area (Å²) in [7, 11) is 0. The zero-order chi connectivity index (χ0) is 13.2. The summed E-state index contributed by atoms with van der Waals surface area (Å²) >= 11 is 1.57. The number of aromatic amines is 1. The van der Waals surface area contributed by atoms with E-state index in [0.717, 1.165) is 26.3 Å². The maximum absolute atomic E-state index is 13.1. The van der Waals surface area contributed by atoms with Crippen molar-refractivity contribution in [1.82, 2.24) is 4.98 Å². The van der Waals surface area contributed by atoms with Gasteiger partial charge in [-0.2, -0.15) is 0 Å². The molecule has 2 aromatic carbocycles. The van der Waals surface area contributed by atoms with E-state index < -0.39 is 0 Å². The maximum atomic E-state index is 13.1. The van der Waals surface area contributed by atoms with Crippen LogP contribution in [0.3, 0.4) is 0 Å². The number of hydrogen-bond acceptors (Lipinski definition) is 2. The molecule has 19 heavy (non-hydrogen) atoms. The Morgan fingerprint density at radius 2 is 1.95 bits per heavy atom. The fourth-order valence-electron chi connectivity index (χ4n) is 2.01. The Balaban J connectivity index is 2.01. The predicted octanol–water partition coefficient (Wildman–Crippen LogP) is 3.95. The summed E-state index contributed by atoms with van der Waals surface area (Å²) < 4.78 is 13.1. The highest BCUT2D eigenvalue weighted by Gasteiger charge is 2.08. The Hall–Kier alpha value is -1.78. The molecule has 4 heteroatoms. The van der Waals surface area contributed by atoms with Crippen LogP contribution in [-0.2, 0) is 6.61 Å². The first-order chi connectivity index (χ1) is 9.28. The molecule has 0 saturated heterocycles. The van der Waals surface area contributed by atoms with E-state index in [2.05, 4.69) is 4.98 Å². The van der Waals surface area contributed by atoms with Gasteiger partial charge in [0.25, 0.3) is 0 Å². The monoisotopic (exact) mass is 273 g/mol. The SMILES string of the molecule is OCc1ccccc1Sc1c[nH]c2cc(F)ccc12. The molecule has 0 bridgehead atoms. The van der Waals surface area contributed by atoms with Gasteiger partial charge in [-0.3, -0.25) is 0 Å².